The lowest BCUT2D eigenvalue weighted by Gasteiger charge is -2.27. The molecule has 2 unspecified atom stereocenters. The molecule has 0 amide bonds. The van der Waals surface area contributed by atoms with Crippen LogP contribution in [0.5, 0.6) is 5.75 Å². The van der Waals surface area contributed by atoms with Crippen LogP contribution in [0.2, 0.25) is 0 Å². The van der Waals surface area contributed by atoms with Crippen LogP contribution in [0, 0.1) is 0 Å². The van der Waals surface area contributed by atoms with E-state index in [0.717, 1.165) is 44.4 Å². The summed E-state index contributed by atoms with van der Waals surface area (Å²) in [4.78, 5) is 38.1. The standard InChI is InChI=1S/C24H30ClFN3O9P/c1-15(21(32)36-16-8-4-2-5-9-16)28-39(34,38-17-10-6-3-7-11-17)35-14-18-20(31)24(25,26)22(37-18)29-13-12-19(30)27-23(29)33/h3,6-7,10-13,15-16,18,20,22,31H,2,4-5,8-9,14H2,1H3,(H,28,34)(H,27,30,33)/t15-,18+,20+,22?,24+,39?/m0/s1. The molecule has 1 aromatic carbocycles. The van der Waals surface area contributed by atoms with Crippen molar-refractivity contribution in [2.45, 2.75) is 74.7 Å². The van der Waals surface area contributed by atoms with Crippen molar-refractivity contribution in [1.82, 2.24) is 14.6 Å². The molecule has 2 aliphatic rings. The number of aliphatic hydroxyl groups excluding tert-OH is 1. The van der Waals surface area contributed by atoms with Crippen LogP contribution in [0.25, 0.3) is 0 Å². The Labute approximate surface area is 228 Å². The first kappa shape index (κ1) is 29.4. The normalized spacial score (nSPS) is 27.9. The van der Waals surface area contributed by atoms with Gasteiger partial charge in [-0.2, -0.15) is 5.09 Å². The highest BCUT2D eigenvalue weighted by molar-refractivity contribution is 7.52. The van der Waals surface area contributed by atoms with E-state index < -0.39 is 61.2 Å². The quantitative estimate of drug-likeness (QED) is 0.214. The van der Waals surface area contributed by atoms with E-state index in [-0.39, 0.29) is 11.9 Å². The van der Waals surface area contributed by atoms with E-state index in [1.54, 1.807) is 18.2 Å². The number of nitrogens with one attached hydrogen (secondary N) is 2. The summed E-state index contributed by atoms with van der Waals surface area (Å²) in [5.74, 6) is -0.510. The highest BCUT2D eigenvalue weighted by atomic mass is 35.5. The van der Waals surface area contributed by atoms with Gasteiger partial charge in [0.1, 0.15) is 30.1 Å². The summed E-state index contributed by atoms with van der Waals surface area (Å²) in [7, 11) is -4.36. The van der Waals surface area contributed by atoms with E-state index in [0.29, 0.717) is 4.57 Å². The molecule has 1 saturated carbocycles. The summed E-state index contributed by atoms with van der Waals surface area (Å²) >= 11 is 5.90. The van der Waals surface area contributed by atoms with Gasteiger partial charge < -0.3 is 19.1 Å². The molecule has 39 heavy (non-hydrogen) atoms. The molecule has 12 nitrogen and oxygen atoms in total. The molecule has 1 aromatic heterocycles. The molecule has 1 aliphatic heterocycles. The molecule has 214 valence electrons. The van der Waals surface area contributed by atoms with Crippen molar-refractivity contribution >= 4 is 25.3 Å². The Morgan fingerprint density at radius 1 is 1.28 bits per heavy atom. The lowest BCUT2D eigenvalue weighted by Crippen LogP contribution is -2.42. The Bertz CT molecular complexity index is 1300. The van der Waals surface area contributed by atoms with Gasteiger partial charge in [0.2, 0.25) is 0 Å². The van der Waals surface area contributed by atoms with Gasteiger partial charge in [-0.25, -0.2) is 13.8 Å². The zero-order valence-corrected chi connectivity index (χ0v) is 22.7. The number of rotatable bonds is 10. The highest BCUT2D eigenvalue weighted by Crippen LogP contribution is 2.48. The van der Waals surface area contributed by atoms with Crippen LogP contribution in [-0.2, 0) is 23.4 Å². The number of aromatic amines is 1. The third-order valence-corrected chi connectivity index (χ3v) is 8.46. The molecule has 15 heteroatoms. The Morgan fingerprint density at radius 2 is 1.97 bits per heavy atom. The van der Waals surface area contributed by atoms with Crippen molar-refractivity contribution in [3.63, 3.8) is 0 Å². The topological polar surface area (TPSA) is 158 Å². The van der Waals surface area contributed by atoms with E-state index in [1.807, 2.05) is 4.98 Å². The molecule has 4 rings (SSSR count). The number of nitrogens with zero attached hydrogens (tertiary/aromatic N) is 1. The zero-order chi connectivity index (χ0) is 28.2. The van der Waals surface area contributed by atoms with Gasteiger partial charge in [0.05, 0.1) is 6.61 Å². The molecular formula is C24H30ClFN3O9P. The average Bonchev–Trinajstić information content (AvgIpc) is 3.12. The summed E-state index contributed by atoms with van der Waals surface area (Å²) in [6.07, 6.45) is -0.219. The van der Waals surface area contributed by atoms with Crippen LogP contribution >= 0.6 is 19.3 Å². The van der Waals surface area contributed by atoms with Gasteiger partial charge in [-0.05, 0) is 44.7 Å². The van der Waals surface area contributed by atoms with Gasteiger partial charge in [-0.3, -0.25) is 23.7 Å². The Hall–Kier alpha value is -2.54. The number of aliphatic hydroxyl groups is 1. The van der Waals surface area contributed by atoms with Gasteiger partial charge in [-0.1, -0.05) is 36.2 Å². The number of aromatic nitrogens is 2. The van der Waals surface area contributed by atoms with Gasteiger partial charge in [0, 0.05) is 12.3 Å². The molecule has 0 radical (unpaired) electrons. The van der Waals surface area contributed by atoms with Crippen molar-refractivity contribution in [2.75, 3.05) is 6.61 Å². The van der Waals surface area contributed by atoms with Gasteiger partial charge in [0.25, 0.3) is 10.7 Å². The van der Waals surface area contributed by atoms with E-state index in [9.17, 15) is 24.1 Å². The van der Waals surface area contributed by atoms with E-state index in [4.69, 9.17) is 30.1 Å². The fraction of sp³-hybridized carbons (Fsp3) is 0.542. The van der Waals surface area contributed by atoms with Crippen molar-refractivity contribution in [1.29, 1.82) is 0 Å². The van der Waals surface area contributed by atoms with Crippen LogP contribution in [0.15, 0.2) is 52.2 Å². The van der Waals surface area contributed by atoms with Crippen molar-refractivity contribution < 1.29 is 37.4 Å². The summed E-state index contributed by atoms with van der Waals surface area (Å²) in [6, 6.07) is 7.81. The lowest BCUT2D eigenvalue weighted by molar-refractivity contribution is -0.152. The van der Waals surface area contributed by atoms with Crippen LogP contribution in [0.4, 0.5) is 4.39 Å². The molecule has 1 saturated heterocycles. The second-order valence-corrected chi connectivity index (χ2v) is 11.7. The molecule has 1 aliphatic carbocycles. The minimum absolute atomic E-state index is 0.143. The maximum absolute atomic E-state index is 15.3. The number of benzene rings is 1. The Balaban J connectivity index is 1.48. The van der Waals surface area contributed by atoms with Crippen LogP contribution in [0.3, 0.4) is 0 Å². The maximum atomic E-state index is 15.3. The third kappa shape index (κ3) is 7.16. The molecular weight excluding hydrogens is 560 g/mol. The van der Waals surface area contributed by atoms with Crippen LogP contribution in [0.1, 0.15) is 45.3 Å². The average molecular weight is 590 g/mol. The number of hydrogen-bond acceptors (Lipinski definition) is 9. The number of hydrogen-bond donors (Lipinski definition) is 3. The van der Waals surface area contributed by atoms with Crippen molar-refractivity contribution in [2.24, 2.45) is 0 Å². The van der Waals surface area contributed by atoms with Crippen molar-refractivity contribution in [3.05, 3.63) is 63.4 Å². The first-order valence-electron chi connectivity index (χ1n) is 12.5. The minimum atomic E-state index is -4.36. The number of carbonyl (C=O) groups is 1. The first-order chi connectivity index (χ1) is 18.5. The number of para-hydroxylation sites is 1. The molecule has 6 atom stereocenters. The fourth-order valence-corrected chi connectivity index (χ4v) is 6.14. The molecule has 0 spiro atoms. The van der Waals surface area contributed by atoms with E-state index in [1.165, 1.54) is 19.1 Å². The predicted molar refractivity (Wildman–Crippen MR) is 137 cm³/mol. The summed E-state index contributed by atoms with van der Waals surface area (Å²) in [5.41, 5.74) is -1.75. The first-order valence-corrected chi connectivity index (χ1v) is 14.4. The summed E-state index contributed by atoms with van der Waals surface area (Å²) < 4.78 is 51.7. The summed E-state index contributed by atoms with van der Waals surface area (Å²) in [5, 5.41) is 10.0. The SMILES string of the molecule is C[C@H](NP(=O)(OC[C@H]1OC(n2ccc(=O)[nH]c2=O)[C@@](F)(Cl)[C@@H]1O)Oc1ccccc1)C(=O)OC1CCCCC1. The minimum Gasteiger partial charge on any atom is -0.461 e. The van der Waals surface area contributed by atoms with Crippen LogP contribution < -0.4 is 20.9 Å². The van der Waals surface area contributed by atoms with Crippen molar-refractivity contribution in [3.8, 4) is 5.75 Å². The number of esters is 1. The second kappa shape index (κ2) is 12.3. The third-order valence-electron chi connectivity index (χ3n) is 6.40. The lowest BCUT2D eigenvalue weighted by atomic mass is 9.98. The number of alkyl halides is 2. The molecule has 0 bridgehead atoms. The summed E-state index contributed by atoms with van der Waals surface area (Å²) in [6.45, 7) is 0.718. The van der Waals surface area contributed by atoms with E-state index >= 15 is 4.39 Å². The Morgan fingerprint density at radius 3 is 2.64 bits per heavy atom. The highest BCUT2D eigenvalue weighted by Gasteiger charge is 2.58. The fourth-order valence-electron chi connectivity index (χ4n) is 4.34. The van der Waals surface area contributed by atoms with Gasteiger partial charge in [-0.15, -0.1) is 0 Å². The number of carbonyl (C=O) groups excluding carboxylic acids is 1. The monoisotopic (exact) mass is 589 g/mol. The molecule has 2 aromatic rings. The second-order valence-electron chi connectivity index (χ2n) is 9.41. The Kier molecular flexibility index (Phi) is 9.30. The zero-order valence-electron chi connectivity index (χ0n) is 21.0. The van der Waals surface area contributed by atoms with Gasteiger partial charge in [0.15, 0.2) is 6.23 Å². The maximum Gasteiger partial charge on any atom is 0.459 e. The largest absolute Gasteiger partial charge is 0.461 e. The van der Waals surface area contributed by atoms with E-state index in [2.05, 4.69) is 5.09 Å². The number of halogens is 2. The molecule has 2 heterocycles. The number of H-pyrrole nitrogens is 1. The predicted octanol–water partition coefficient (Wildman–Crippen LogP) is 2.76. The molecule has 3 N–H and O–H groups in total. The van der Waals surface area contributed by atoms with Crippen LogP contribution in [-0.4, -0.2) is 56.7 Å². The number of ether oxygens (including phenoxy) is 2. The smallest absolute Gasteiger partial charge is 0.459 e. The van der Waals surface area contributed by atoms with Gasteiger partial charge >= 0.3 is 19.4 Å². The molecule has 2 fully saturated rings.